The van der Waals surface area contributed by atoms with Crippen LogP contribution in [0.4, 0.5) is 0 Å². The Morgan fingerprint density at radius 2 is 1.71 bits per heavy atom. The van der Waals surface area contributed by atoms with Crippen molar-refractivity contribution in [2.75, 3.05) is 45.8 Å². The Labute approximate surface area is 86.7 Å². The quantitative estimate of drug-likeness (QED) is 0.634. The van der Waals surface area contributed by atoms with Crippen LogP contribution in [-0.4, -0.2) is 66.3 Å². The molecular weight excluding hydrogens is 178 g/mol. The largest absolute Gasteiger partial charge is 0.388 e. The predicted molar refractivity (Wildman–Crippen MR) is 58.2 cm³/mol. The Kier molecular flexibility index (Phi) is 4.31. The van der Waals surface area contributed by atoms with Gasteiger partial charge in [-0.3, -0.25) is 4.90 Å². The standard InChI is InChI=1S/C10H23N3O/c1-3-12-4-6-13(7-5-12)9-10(2,14)8-11/h14H,3-9,11H2,1-2H3. The van der Waals surface area contributed by atoms with Crippen LogP contribution < -0.4 is 5.73 Å². The van der Waals surface area contributed by atoms with Gasteiger partial charge < -0.3 is 15.7 Å². The molecule has 0 aliphatic carbocycles. The molecule has 1 aliphatic rings. The van der Waals surface area contributed by atoms with Crippen molar-refractivity contribution in [3.63, 3.8) is 0 Å². The van der Waals surface area contributed by atoms with Crippen molar-refractivity contribution in [3.05, 3.63) is 0 Å². The first-order chi connectivity index (χ1) is 6.57. The molecule has 1 heterocycles. The van der Waals surface area contributed by atoms with Crippen molar-refractivity contribution < 1.29 is 5.11 Å². The van der Waals surface area contributed by atoms with Gasteiger partial charge in [-0.25, -0.2) is 0 Å². The fourth-order valence-corrected chi connectivity index (χ4v) is 1.81. The van der Waals surface area contributed by atoms with Crippen LogP contribution in [0.5, 0.6) is 0 Å². The number of nitrogens with two attached hydrogens (primary N) is 1. The Balaban J connectivity index is 2.28. The summed E-state index contributed by atoms with van der Waals surface area (Å²) in [7, 11) is 0. The molecule has 1 fully saturated rings. The second kappa shape index (κ2) is 5.07. The van der Waals surface area contributed by atoms with E-state index in [0.29, 0.717) is 13.1 Å². The molecule has 0 radical (unpaired) electrons. The monoisotopic (exact) mass is 201 g/mol. The third-order valence-electron chi connectivity index (χ3n) is 2.92. The highest BCUT2D eigenvalue weighted by atomic mass is 16.3. The smallest absolute Gasteiger partial charge is 0.0867 e. The van der Waals surface area contributed by atoms with Crippen LogP contribution in [0.3, 0.4) is 0 Å². The molecular formula is C10H23N3O. The van der Waals surface area contributed by atoms with Crippen LogP contribution in [0.2, 0.25) is 0 Å². The van der Waals surface area contributed by atoms with Crippen LogP contribution in [0.25, 0.3) is 0 Å². The molecule has 1 atom stereocenters. The van der Waals surface area contributed by atoms with Crippen LogP contribution in [0, 0.1) is 0 Å². The summed E-state index contributed by atoms with van der Waals surface area (Å²) in [6.07, 6.45) is 0. The van der Waals surface area contributed by atoms with E-state index in [1.807, 2.05) is 0 Å². The highest BCUT2D eigenvalue weighted by molar-refractivity contribution is 4.81. The summed E-state index contributed by atoms with van der Waals surface area (Å²) >= 11 is 0. The van der Waals surface area contributed by atoms with Crippen molar-refractivity contribution >= 4 is 0 Å². The third kappa shape index (κ3) is 3.53. The first-order valence-corrected chi connectivity index (χ1v) is 5.44. The van der Waals surface area contributed by atoms with Gasteiger partial charge >= 0.3 is 0 Å². The molecule has 0 spiro atoms. The zero-order valence-electron chi connectivity index (χ0n) is 9.37. The predicted octanol–water partition coefficient (Wildman–Crippen LogP) is -0.666. The molecule has 1 unspecified atom stereocenters. The second-order valence-electron chi connectivity index (χ2n) is 4.41. The first-order valence-electron chi connectivity index (χ1n) is 5.44. The van der Waals surface area contributed by atoms with Gasteiger partial charge in [0.05, 0.1) is 5.60 Å². The number of aliphatic hydroxyl groups is 1. The second-order valence-corrected chi connectivity index (χ2v) is 4.41. The van der Waals surface area contributed by atoms with E-state index in [9.17, 15) is 5.11 Å². The van der Waals surface area contributed by atoms with E-state index in [1.165, 1.54) is 0 Å². The molecule has 3 N–H and O–H groups in total. The number of piperazine rings is 1. The number of nitrogens with zero attached hydrogens (tertiary/aromatic N) is 2. The van der Waals surface area contributed by atoms with Gasteiger partial charge in [-0.05, 0) is 13.5 Å². The molecule has 0 amide bonds. The highest BCUT2D eigenvalue weighted by Gasteiger charge is 2.24. The van der Waals surface area contributed by atoms with E-state index in [1.54, 1.807) is 6.92 Å². The highest BCUT2D eigenvalue weighted by Crippen LogP contribution is 2.07. The summed E-state index contributed by atoms with van der Waals surface area (Å²) in [6, 6.07) is 0. The van der Waals surface area contributed by atoms with E-state index in [4.69, 9.17) is 5.73 Å². The molecule has 1 aliphatic heterocycles. The molecule has 0 bridgehead atoms. The van der Waals surface area contributed by atoms with Crippen molar-refractivity contribution in [1.82, 2.24) is 9.80 Å². The van der Waals surface area contributed by atoms with Crippen molar-refractivity contribution in [3.8, 4) is 0 Å². The lowest BCUT2D eigenvalue weighted by atomic mass is 10.1. The minimum atomic E-state index is -0.728. The third-order valence-corrected chi connectivity index (χ3v) is 2.92. The summed E-state index contributed by atoms with van der Waals surface area (Å²) in [6.45, 7) is 10.5. The van der Waals surface area contributed by atoms with E-state index in [0.717, 1.165) is 32.7 Å². The number of rotatable bonds is 4. The van der Waals surface area contributed by atoms with Gasteiger partial charge in [-0.2, -0.15) is 0 Å². The van der Waals surface area contributed by atoms with Crippen LogP contribution in [-0.2, 0) is 0 Å². The maximum absolute atomic E-state index is 9.82. The Morgan fingerprint density at radius 1 is 1.21 bits per heavy atom. The molecule has 4 nitrogen and oxygen atoms in total. The number of hydrogen-bond acceptors (Lipinski definition) is 4. The van der Waals surface area contributed by atoms with E-state index in [2.05, 4.69) is 16.7 Å². The Bertz CT molecular complexity index is 165. The molecule has 0 saturated carbocycles. The van der Waals surface area contributed by atoms with Gasteiger partial charge in [0.1, 0.15) is 0 Å². The van der Waals surface area contributed by atoms with Gasteiger partial charge in [0.15, 0.2) is 0 Å². The minimum absolute atomic E-state index is 0.334. The topological polar surface area (TPSA) is 52.7 Å². The molecule has 4 heteroatoms. The molecule has 0 aromatic rings. The molecule has 84 valence electrons. The molecule has 14 heavy (non-hydrogen) atoms. The van der Waals surface area contributed by atoms with Gasteiger partial charge in [-0.1, -0.05) is 6.92 Å². The number of likely N-dealkylation sites (N-methyl/N-ethyl adjacent to an activating group) is 1. The lowest BCUT2D eigenvalue weighted by molar-refractivity contribution is 0.0113. The fourth-order valence-electron chi connectivity index (χ4n) is 1.81. The maximum atomic E-state index is 9.82. The fraction of sp³-hybridized carbons (Fsp3) is 1.00. The van der Waals surface area contributed by atoms with Gasteiger partial charge in [0, 0.05) is 39.3 Å². The Hall–Kier alpha value is -0.160. The van der Waals surface area contributed by atoms with E-state index in [-0.39, 0.29) is 0 Å². The number of hydrogen-bond donors (Lipinski definition) is 2. The van der Waals surface area contributed by atoms with Gasteiger partial charge in [-0.15, -0.1) is 0 Å². The number of β-amino-alcohol motifs (C(OH)–C–C–N with tert-alkyl or cyclic N) is 1. The summed E-state index contributed by atoms with van der Waals surface area (Å²) in [5.41, 5.74) is 4.76. The first kappa shape index (κ1) is 11.9. The van der Waals surface area contributed by atoms with E-state index >= 15 is 0 Å². The average molecular weight is 201 g/mol. The zero-order valence-corrected chi connectivity index (χ0v) is 9.37. The van der Waals surface area contributed by atoms with Crippen molar-refractivity contribution in [2.24, 2.45) is 5.73 Å². The summed E-state index contributed by atoms with van der Waals surface area (Å²) in [4.78, 5) is 4.71. The zero-order chi connectivity index (χ0) is 10.6. The van der Waals surface area contributed by atoms with Gasteiger partial charge in [0.25, 0.3) is 0 Å². The summed E-state index contributed by atoms with van der Waals surface area (Å²) < 4.78 is 0. The minimum Gasteiger partial charge on any atom is -0.388 e. The molecule has 0 aromatic carbocycles. The molecule has 0 aromatic heterocycles. The van der Waals surface area contributed by atoms with Crippen LogP contribution in [0.15, 0.2) is 0 Å². The lowest BCUT2D eigenvalue weighted by Gasteiger charge is -2.37. The Morgan fingerprint density at radius 3 is 2.14 bits per heavy atom. The average Bonchev–Trinajstić information content (AvgIpc) is 2.19. The van der Waals surface area contributed by atoms with Gasteiger partial charge in [0.2, 0.25) is 0 Å². The van der Waals surface area contributed by atoms with Crippen molar-refractivity contribution in [2.45, 2.75) is 19.4 Å². The van der Waals surface area contributed by atoms with Crippen LogP contribution >= 0.6 is 0 Å². The molecule has 1 saturated heterocycles. The summed E-state index contributed by atoms with van der Waals surface area (Å²) in [5, 5.41) is 9.82. The summed E-state index contributed by atoms with van der Waals surface area (Å²) in [5.74, 6) is 0. The molecule has 1 rings (SSSR count). The van der Waals surface area contributed by atoms with Crippen LogP contribution in [0.1, 0.15) is 13.8 Å². The van der Waals surface area contributed by atoms with Crippen molar-refractivity contribution in [1.29, 1.82) is 0 Å². The lowest BCUT2D eigenvalue weighted by Crippen LogP contribution is -2.53. The SMILES string of the molecule is CCN1CCN(CC(C)(O)CN)CC1. The maximum Gasteiger partial charge on any atom is 0.0867 e. The normalized spacial score (nSPS) is 24.9. The van der Waals surface area contributed by atoms with E-state index < -0.39 is 5.60 Å².